The number of anilines is 1. The fourth-order valence-corrected chi connectivity index (χ4v) is 4.34. The molecule has 9 heteroatoms. The molecule has 4 heterocycles. The smallest absolute Gasteiger partial charge is 0.265 e. The fraction of sp³-hybridized carbons (Fsp3) is 0.471. The van der Waals surface area contributed by atoms with Crippen LogP contribution < -0.4 is 10.2 Å². The second kappa shape index (κ2) is 6.40. The molecule has 0 aliphatic carbocycles. The second-order valence-corrected chi connectivity index (χ2v) is 7.96. The maximum atomic E-state index is 12.8. The number of carbonyl (C=O) groups excluding carboxylic acids is 2. The summed E-state index contributed by atoms with van der Waals surface area (Å²) in [5.41, 5.74) is 1.07. The Morgan fingerprint density at radius 2 is 2.15 bits per heavy atom. The van der Waals surface area contributed by atoms with Crippen LogP contribution >= 0.6 is 11.3 Å². The molecule has 2 aromatic heterocycles. The molecule has 0 radical (unpaired) electrons. The van der Waals surface area contributed by atoms with Crippen molar-refractivity contribution in [2.45, 2.75) is 19.5 Å². The van der Waals surface area contributed by atoms with Gasteiger partial charge in [0.2, 0.25) is 5.91 Å². The largest absolute Gasteiger partial charge is 0.378 e. The minimum Gasteiger partial charge on any atom is -0.378 e. The van der Waals surface area contributed by atoms with Gasteiger partial charge < -0.3 is 19.9 Å². The Bertz CT molecular complexity index is 824. The van der Waals surface area contributed by atoms with Crippen LogP contribution in [-0.2, 0) is 9.53 Å². The zero-order valence-corrected chi connectivity index (χ0v) is 15.6. The monoisotopic (exact) mass is 375 g/mol. The van der Waals surface area contributed by atoms with E-state index in [1.807, 2.05) is 29.7 Å². The van der Waals surface area contributed by atoms with Gasteiger partial charge in [0.05, 0.1) is 31.6 Å². The standard InChI is InChI=1S/C17H21N5O3S/c1-17(2)20-16(24)15-12(7-13(26-15)11-8-18-19-9-11)22(17)10-14(23)21-3-5-25-6-4-21/h7-9H,3-6,10H2,1-2H3,(H,18,19)(H,20,24). The van der Waals surface area contributed by atoms with E-state index >= 15 is 0 Å². The van der Waals surface area contributed by atoms with E-state index in [9.17, 15) is 9.59 Å². The molecular formula is C17H21N5O3S. The van der Waals surface area contributed by atoms with Crippen molar-refractivity contribution < 1.29 is 14.3 Å². The third-order valence-electron chi connectivity index (χ3n) is 4.74. The van der Waals surface area contributed by atoms with E-state index < -0.39 is 5.66 Å². The predicted molar refractivity (Wildman–Crippen MR) is 98.2 cm³/mol. The second-order valence-electron chi connectivity index (χ2n) is 6.90. The minimum atomic E-state index is -0.652. The number of thiophene rings is 1. The summed E-state index contributed by atoms with van der Waals surface area (Å²) in [5, 5.41) is 9.78. The first-order valence-electron chi connectivity index (χ1n) is 8.54. The first kappa shape index (κ1) is 17.0. The highest BCUT2D eigenvalue weighted by Gasteiger charge is 2.40. The lowest BCUT2D eigenvalue weighted by Crippen LogP contribution is -2.62. The molecule has 8 nitrogen and oxygen atoms in total. The molecule has 0 unspecified atom stereocenters. The first-order chi connectivity index (χ1) is 12.5. The molecule has 2 aromatic rings. The van der Waals surface area contributed by atoms with Crippen molar-refractivity contribution in [2.24, 2.45) is 0 Å². The SMILES string of the molecule is CC1(C)NC(=O)c2sc(-c3cn[nH]c3)cc2N1CC(=O)N1CCOCC1. The maximum absolute atomic E-state index is 12.8. The molecule has 2 aliphatic rings. The van der Waals surface area contributed by atoms with Crippen LogP contribution in [0.15, 0.2) is 18.5 Å². The van der Waals surface area contributed by atoms with Gasteiger partial charge in [-0.2, -0.15) is 5.10 Å². The molecular weight excluding hydrogens is 354 g/mol. The molecule has 1 saturated heterocycles. The number of fused-ring (bicyclic) bond motifs is 1. The van der Waals surface area contributed by atoms with Crippen LogP contribution in [0.1, 0.15) is 23.5 Å². The quantitative estimate of drug-likeness (QED) is 0.844. The number of H-pyrrole nitrogens is 1. The van der Waals surface area contributed by atoms with E-state index in [1.165, 1.54) is 11.3 Å². The molecule has 0 bridgehead atoms. The predicted octanol–water partition coefficient (Wildman–Crippen LogP) is 1.28. The summed E-state index contributed by atoms with van der Waals surface area (Å²) in [6, 6.07) is 1.97. The summed E-state index contributed by atoms with van der Waals surface area (Å²) in [6.07, 6.45) is 3.52. The molecule has 0 atom stereocenters. The van der Waals surface area contributed by atoms with E-state index in [1.54, 1.807) is 12.4 Å². The van der Waals surface area contributed by atoms with E-state index in [0.29, 0.717) is 31.2 Å². The first-order valence-corrected chi connectivity index (χ1v) is 9.36. The van der Waals surface area contributed by atoms with Crippen molar-refractivity contribution in [1.29, 1.82) is 0 Å². The van der Waals surface area contributed by atoms with Gasteiger partial charge >= 0.3 is 0 Å². The van der Waals surface area contributed by atoms with Gasteiger partial charge in [0.15, 0.2) is 0 Å². The molecule has 0 aromatic carbocycles. The number of nitrogens with zero attached hydrogens (tertiary/aromatic N) is 3. The van der Waals surface area contributed by atoms with E-state index in [2.05, 4.69) is 15.5 Å². The number of rotatable bonds is 3. The summed E-state index contributed by atoms with van der Waals surface area (Å²) in [5.74, 6) is -0.0700. The summed E-state index contributed by atoms with van der Waals surface area (Å²) in [6.45, 7) is 6.39. The number of amides is 2. The van der Waals surface area contributed by atoms with Gasteiger partial charge in [-0.3, -0.25) is 14.7 Å². The number of nitrogens with one attached hydrogen (secondary N) is 2. The average Bonchev–Trinajstić information content (AvgIpc) is 3.28. The summed E-state index contributed by atoms with van der Waals surface area (Å²) in [4.78, 5) is 30.7. The highest BCUT2D eigenvalue weighted by atomic mass is 32.1. The fourth-order valence-electron chi connectivity index (χ4n) is 3.31. The lowest BCUT2D eigenvalue weighted by Gasteiger charge is -2.44. The van der Waals surface area contributed by atoms with Crippen LogP contribution in [0.5, 0.6) is 0 Å². The molecule has 1 fully saturated rings. The zero-order chi connectivity index (χ0) is 18.3. The van der Waals surface area contributed by atoms with Crippen LogP contribution in [0.4, 0.5) is 5.69 Å². The summed E-state index contributed by atoms with van der Waals surface area (Å²) >= 11 is 1.41. The van der Waals surface area contributed by atoms with Crippen LogP contribution in [0.25, 0.3) is 10.4 Å². The van der Waals surface area contributed by atoms with Crippen molar-refractivity contribution >= 4 is 28.8 Å². The van der Waals surface area contributed by atoms with Crippen molar-refractivity contribution in [1.82, 2.24) is 20.4 Å². The highest BCUT2D eigenvalue weighted by molar-refractivity contribution is 7.18. The summed E-state index contributed by atoms with van der Waals surface area (Å²) in [7, 11) is 0. The molecule has 138 valence electrons. The summed E-state index contributed by atoms with van der Waals surface area (Å²) < 4.78 is 5.32. The highest BCUT2D eigenvalue weighted by Crippen LogP contribution is 2.41. The zero-order valence-electron chi connectivity index (χ0n) is 14.7. The van der Waals surface area contributed by atoms with Gasteiger partial charge in [-0.15, -0.1) is 11.3 Å². The number of carbonyl (C=O) groups is 2. The lowest BCUT2D eigenvalue weighted by molar-refractivity contribution is -0.134. The Kier molecular flexibility index (Phi) is 4.20. The molecule has 2 N–H and O–H groups in total. The Labute approximate surface area is 155 Å². The number of hydrogen-bond donors (Lipinski definition) is 2. The molecule has 2 amide bonds. The van der Waals surface area contributed by atoms with Gasteiger partial charge in [0.1, 0.15) is 10.5 Å². The normalized spacial score (nSPS) is 19.2. The topological polar surface area (TPSA) is 90.6 Å². The number of aromatic nitrogens is 2. The molecule has 0 saturated carbocycles. The van der Waals surface area contributed by atoms with Gasteiger partial charge in [0, 0.05) is 29.7 Å². The van der Waals surface area contributed by atoms with Crippen molar-refractivity contribution in [3.8, 4) is 10.4 Å². The van der Waals surface area contributed by atoms with Crippen molar-refractivity contribution in [3.05, 3.63) is 23.3 Å². The van der Waals surface area contributed by atoms with Crippen LogP contribution in [0.3, 0.4) is 0 Å². The van der Waals surface area contributed by atoms with Crippen LogP contribution in [0.2, 0.25) is 0 Å². The third-order valence-corrected chi connectivity index (χ3v) is 5.92. The van der Waals surface area contributed by atoms with Crippen LogP contribution in [-0.4, -0.2) is 65.4 Å². The average molecular weight is 375 g/mol. The van der Waals surface area contributed by atoms with Gasteiger partial charge in [-0.1, -0.05) is 0 Å². The number of hydrogen-bond acceptors (Lipinski definition) is 6. The number of ether oxygens (including phenoxy) is 1. The van der Waals surface area contributed by atoms with E-state index in [0.717, 1.165) is 16.1 Å². The van der Waals surface area contributed by atoms with Crippen molar-refractivity contribution in [2.75, 3.05) is 37.7 Å². The third kappa shape index (κ3) is 2.97. The van der Waals surface area contributed by atoms with E-state index in [4.69, 9.17) is 4.74 Å². The van der Waals surface area contributed by atoms with Crippen molar-refractivity contribution in [3.63, 3.8) is 0 Å². The minimum absolute atomic E-state index is 0.0412. The Morgan fingerprint density at radius 3 is 2.85 bits per heavy atom. The van der Waals surface area contributed by atoms with Gasteiger partial charge in [-0.25, -0.2) is 0 Å². The Morgan fingerprint density at radius 1 is 1.38 bits per heavy atom. The maximum Gasteiger partial charge on any atom is 0.265 e. The number of aromatic amines is 1. The molecule has 2 aliphatic heterocycles. The lowest BCUT2D eigenvalue weighted by atomic mass is 10.1. The number of morpholine rings is 1. The molecule has 0 spiro atoms. The van der Waals surface area contributed by atoms with Crippen LogP contribution in [0, 0.1) is 0 Å². The Balaban J connectivity index is 1.66. The Hall–Kier alpha value is -2.39. The van der Waals surface area contributed by atoms with Gasteiger partial charge in [0.25, 0.3) is 5.91 Å². The molecule has 4 rings (SSSR count). The molecule has 26 heavy (non-hydrogen) atoms. The van der Waals surface area contributed by atoms with E-state index in [-0.39, 0.29) is 18.4 Å². The van der Waals surface area contributed by atoms with Gasteiger partial charge in [-0.05, 0) is 19.9 Å².